The number of furan rings is 1. The first kappa shape index (κ1) is 10.6. The Kier molecular flexibility index (Phi) is 2.73. The van der Waals surface area contributed by atoms with Gasteiger partial charge in [-0.05, 0) is 31.9 Å². The molecule has 1 N–H and O–H groups in total. The summed E-state index contributed by atoms with van der Waals surface area (Å²) in [5.74, 6) is 3.10. The molecule has 2 aromatic rings. The summed E-state index contributed by atoms with van der Waals surface area (Å²) < 4.78 is 11.1. The Morgan fingerprint density at radius 2 is 2.18 bits per heavy atom. The zero-order valence-electron chi connectivity index (χ0n) is 9.90. The molecule has 90 valence electrons. The number of oxazole rings is 1. The van der Waals surface area contributed by atoms with Gasteiger partial charge < -0.3 is 14.2 Å². The lowest BCUT2D eigenvalue weighted by atomic mass is 10.4. The van der Waals surface area contributed by atoms with E-state index in [-0.39, 0.29) is 0 Å². The van der Waals surface area contributed by atoms with Gasteiger partial charge in [0.15, 0.2) is 17.4 Å². The van der Waals surface area contributed by atoms with Crippen molar-refractivity contribution in [3.8, 4) is 11.5 Å². The van der Waals surface area contributed by atoms with E-state index >= 15 is 0 Å². The molecule has 1 fully saturated rings. The maximum Gasteiger partial charge on any atom is 0.196 e. The topological polar surface area (TPSA) is 51.2 Å². The number of aryl methyl sites for hydroxylation is 1. The molecule has 1 aliphatic carbocycles. The standard InChI is InChI=1S/C13H16N2O2/c1-9-2-5-11(16-9)12-8-15-13(17-12)6-7-14-10-3-4-10/h2,5,8,10,14H,3-4,6-7H2,1H3. The van der Waals surface area contributed by atoms with Gasteiger partial charge in [0, 0.05) is 19.0 Å². The van der Waals surface area contributed by atoms with Crippen LogP contribution in [0.5, 0.6) is 0 Å². The second kappa shape index (κ2) is 4.37. The molecule has 4 nitrogen and oxygen atoms in total. The van der Waals surface area contributed by atoms with Gasteiger partial charge in [0.05, 0.1) is 6.20 Å². The normalized spacial score (nSPS) is 15.4. The summed E-state index contributed by atoms with van der Waals surface area (Å²) in [4.78, 5) is 4.25. The largest absolute Gasteiger partial charge is 0.458 e. The fourth-order valence-electron chi connectivity index (χ4n) is 1.78. The maximum atomic E-state index is 5.64. The van der Waals surface area contributed by atoms with E-state index in [0.29, 0.717) is 5.76 Å². The van der Waals surface area contributed by atoms with E-state index in [1.807, 2.05) is 19.1 Å². The molecule has 17 heavy (non-hydrogen) atoms. The van der Waals surface area contributed by atoms with Gasteiger partial charge in [0.1, 0.15) is 5.76 Å². The first-order chi connectivity index (χ1) is 8.31. The van der Waals surface area contributed by atoms with Crippen LogP contribution in [0.2, 0.25) is 0 Å². The SMILES string of the molecule is Cc1ccc(-c2cnc(CCNC3CC3)o2)o1. The van der Waals surface area contributed by atoms with Crippen molar-refractivity contribution < 1.29 is 8.83 Å². The molecule has 3 rings (SSSR count). The van der Waals surface area contributed by atoms with Gasteiger partial charge in [-0.25, -0.2) is 4.98 Å². The fourth-order valence-corrected chi connectivity index (χ4v) is 1.78. The predicted octanol–water partition coefficient (Wildman–Crippen LogP) is 2.54. The first-order valence-corrected chi connectivity index (χ1v) is 6.06. The predicted molar refractivity (Wildman–Crippen MR) is 63.7 cm³/mol. The Bertz CT molecular complexity index is 497. The van der Waals surface area contributed by atoms with Gasteiger partial charge >= 0.3 is 0 Å². The number of hydrogen-bond donors (Lipinski definition) is 1. The molecule has 0 aliphatic heterocycles. The molecule has 1 aliphatic rings. The zero-order chi connectivity index (χ0) is 11.7. The monoisotopic (exact) mass is 232 g/mol. The van der Waals surface area contributed by atoms with Crippen molar-refractivity contribution in [3.63, 3.8) is 0 Å². The molecular weight excluding hydrogens is 216 g/mol. The third-order valence-electron chi connectivity index (χ3n) is 2.89. The number of hydrogen-bond acceptors (Lipinski definition) is 4. The van der Waals surface area contributed by atoms with Gasteiger partial charge in [0.25, 0.3) is 0 Å². The number of nitrogens with zero attached hydrogens (tertiary/aromatic N) is 1. The van der Waals surface area contributed by atoms with E-state index in [4.69, 9.17) is 8.83 Å². The van der Waals surface area contributed by atoms with Crippen LogP contribution in [0.1, 0.15) is 24.5 Å². The lowest BCUT2D eigenvalue weighted by molar-refractivity contribution is 0.468. The summed E-state index contributed by atoms with van der Waals surface area (Å²) in [7, 11) is 0. The average molecular weight is 232 g/mol. The van der Waals surface area contributed by atoms with Crippen molar-refractivity contribution in [2.45, 2.75) is 32.2 Å². The van der Waals surface area contributed by atoms with Crippen molar-refractivity contribution in [2.24, 2.45) is 0 Å². The highest BCUT2D eigenvalue weighted by Gasteiger charge is 2.20. The minimum Gasteiger partial charge on any atom is -0.458 e. The van der Waals surface area contributed by atoms with E-state index in [1.54, 1.807) is 6.20 Å². The van der Waals surface area contributed by atoms with E-state index in [1.165, 1.54) is 12.8 Å². The molecule has 0 bridgehead atoms. The summed E-state index contributed by atoms with van der Waals surface area (Å²) in [6.45, 7) is 2.85. The van der Waals surface area contributed by atoms with Crippen LogP contribution in [0.3, 0.4) is 0 Å². The van der Waals surface area contributed by atoms with Gasteiger partial charge in [-0.1, -0.05) is 0 Å². The quantitative estimate of drug-likeness (QED) is 0.860. The van der Waals surface area contributed by atoms with Crippen LogP contribution in [0.25, 0.3) is 11.5 Å². The highest BCUT2D eigenvalue weighted by atomic mass is 16.4. The van der Waals surface area contributed by atoms with Crippen LogP contribution in [0, 0.1) is 6.92 Å². The molecule has 0 amide bonds. The van der Waals surface area contributed by atoms with Gasteiger partial charge in [-0.3, -0.25) is 0 Å². The van der Waals surface area contributed by atoms with Gasteiger partial charge in [-0.2, -0.15) is 0 Å². The van der Waals surface area contributed by atoms with Gasteiger partial charge in [-0.15, -0.1) is 0 Å². The highest BCUT2D eigenvalue weighted by Crippen LogP contribution is 2.23. The molecular formula is C13H16N2O2. The molecule has 0 unspecified atom stereocenters. The summed E-state index contributed by atoms with van der Waals surface area (Å²) >= 11 is 0. The molecule has 0 aromatic carbocycles. The summed E-state index contributed by atoms with van der Waals surface area (Å²) in [5, 5.41) is 3.43. The molecule has 4 heteroatoms. The molecule has 2 aromatic heterocycles. The summed E-state index contributed by atoms with van der Waals surface area (Å²) in [6.07, 6.45) is 5.17. The Morgan fingerprint density at radius 1 is 1.29 bits per heavy atom. The summed E-state index contributed by atoms with van der Waals surface area (Å²) in [5.41, 5.74) is 0. The minimum absolute atomic E-state index is 0.708. The maximum absolute atomic E-state index is 5.64. The molecule has 2 heterocycles. The smallest absolute Gasteiger partial charge is 0.196 e. The van der Waals surface area contributed by atoms with Gasteiger partial charge in [0.2, 0.25) is 0 Å². The average Bonchev–Trinajstić information content (AvgIpc) is 2.85. The number of aromatic nitrogens is 1. The van der Waals surface area contributed by atoms with Crippen molar-refractivity contribution in [1.82, 2.24) is 10.3 Å². The van der Waals surface area contributed by atoms with Crippen molar-refractivity contribution >= 4 is 0 Å². The number of nitrogens with one attached hydrogen (secondary N) is 1. The zero-order valence-corrected chi connectivity index (χ0v) is 9.90. The van der Waals surface area contributed by atoms with Crippen LogP contribution < -0.4 is 5.32 Å². The van der Waals surface area contributed by atoms with Crippen LogP contribution in [-0.2, 0) is 6.42 Å². The van der Waals surface area contributed by atoms with Crippen LogP contribution in [0.4, 0.5) is 0 Å². The molecule has 0 saturated heterocycles. The van der Waals surface area contributed by atoms with E-state index in [2.05, 4.69) is 10.3 Å². The minimum atomic E-state index is 0.708. The highest BCUT2D eigenvalue weighted by molar-refractivity contribution is 5.48. The third-order valence-corrected chi connectivity index (χ3v) is 2.89. The van der Waals surface area contributed by atoms with E-state index in [9.17, 15) is 0 Å². The molecule has 0 atom stereocenters. The third kappa shape index (κ3) is 2.58. The van der Waals surface area contributed by atoms with E-state index in [0.717, 1.165) is 36.4 Å². The Morgan fingerprint density at radius 3 is 2.88 bits per heavy atom. The first-order valence-electron chi connectivity index (χ1n) is 6.06. The second-order valence-electron chi connectivity index (χ2n) is 4.51. The second-order valence-corrected chi connectivity index (χ2v) is 4.51. The Balaban J connectivity index is 1.61. The Hall–Kier alpha value is -1.55. The van der Waals surface area contributed by atoms with Crippen molar-refractivity contribution in [3.05, 3.63) is 30.0 Å². The van der Waals surface area contributed by atoms with Crippen LogP contribution in [-0.4, -0.2) is 17.6 Å². The molecule has 0 spiro atoms. The Labute approximate surface area is 100 Å². The van der Waals surface area contributed by atoms with Crippen LogP contribution in [0.15, 0.2) is 27.2 Å². The van der Waals surface area contributed by atoms with E-state index < -0.39 is 0 Å². The van der Waals surface area contributed by atoms with Crippen molar-refractivity contribution in [2.75, 3.05) is 6.54 Å². The lowest BCUT2D eigenvalue weighted by Gasteiger charge is -1.98. The molecule has 0 radical (unpaired) electrons. The fraction of sp³-hybridized carbons (Fsp3) is 0.462. The van der Waals surface area contributed by atoms with Crippen LogP contribution >= 0.6 is 0 Å². The molecule has 1 saturated carbocycles. The summed E-state index contributed by atoms with van der Waals surface area (Å²) in [6, 6.07) is 4.56. The lowest BCUT2D eigenvalue weighted by Crippen LogP contribution is -2.19. The number of rotatable bonds is 5. The van der Waals surface area contributed by atoms with Crippen molar-refractivity contribution in [1.29, 1.82) is 0 Å².